The van der Waals surface area contributed by atoms with Gasteiger partial charge < -0.3 is 5.11 Å². The van der Waals surface area contributed by atoms with Crippen LogP contribution in [0.2, 0.25) is 0 Å². The Morgan fingerprint density at radius 3 is 2.72 bits per heavy atom. The molecule has 1 N–H and O–H groups in total. The van der Waals surface area contributed by atoms with Crippen LogP contribution in [0.5, 0.6) is 0 Å². The van der Waals surface area contributed by atoms with Crippen LogP contribution >= 0.6 is 0 Å². The van der Waals surface area contributed by atoms with Gasteiger partial charge in [-0.1, -0.05) is 23.6 Å². The van der Waals surface area contributed by atoms with Crippen LogP contribution < -0.4 is 0 Å². The second kappa shape index (κ2) is 4.96. The van der Waals surface area contributed by atoms with Crippen molar-refractivity contribution in [1.29, 1.82) is 0 Å². The predicted octanol–water partition coefficient (Wildman–Crippen LogP) is 2.80. The fraction of sp³-hybridized carbons (Fsp3) is 0.438. The number of rotatable bonds is 2. The normalized spacial score (nSPS) is 33.4. The van der Waals surface area contributed by atoms with E-state index < -0.39 is 11.0 Å². The van der Waals surface area contributed by atoms with Crippen molar-refractivity contribution in [2.24, 2.45) is 5.41 Å². The van der Waals surface area contributed by atoms with Crippen molar-refractivity contribution >= 4 is 5.78 Å². The molecule has 0 aromatic rings. The topological polar surface area (TPSA) is 37.3 Å². The molecule has 0 heterocycles. The number of carbonyl (C=O) groups excluding carboxylic acids is 1. The van der Waals surface area contributed by atoms with E-state index in [-0.39, 0.29) is 12.2 Å². The van der Waals surface area contributed by atoms with Crippen LogP contribution in [0.4, 0.5) is 0 Å². The summed E-state index contributed by atoms with van der Waals surface area (Å²) in [4.78, 5) is 11.6. The largest absolute Gasteiger partial charge is 0.380 e. The third kappa shape index (κ3) is 2.32. The van der Waals surface area contributed by atoms with E-state index in [4.69, 9.17) is 6.42 Å². The molecule has 1 rings (SSSR count). The fourth-order valence-electron chi connectivity index (χ4n) is 2.15. The molecule has 96 valence electrons. The number of ketones is 1. The summed E-state index contributed by atoms with van der Waals surface area (Å²) in [5, 5.41) is 10.8. The monoisotopic (exact) mass is 244 g/mol. The number of carbonyl (C=O) groups is 1. The molecule has 0 saturated heterocycles. The number of allylic oxidation sites excluding steroid dienone is 4. The molecule has 18 heavy (non-hydrogen) atoms. The van der Waals surface area contributed by atoms with Crippen LogP contribution in [0.3, 0.4) is 0 Å². The van der Waals surface area contributed by atoms with E-state index in [1.54, 1.807) is 19.9 Å². The van der Waals surface area contributed by atoms with Crippen LogP contribution in [0.1, 0.15) is 34.1 Å². The number of hydrogen-bond donors (Lipinski definition) is 1. The van der Waals surface area contributed by atoms with Gasteiger partial charge in [0.2, 0.25) is 0 Å². The molecule has 0 amide bonds. The Hall–Kier alpha value is -1.59. The minimum absolute atomic E-state index is 0.0335. The zero-order chi connectivity index (χ0) is 14.0. The van der Waals surface area contributed by atoms with E-state index in [1.165, 1.54) is 6.08 Å². The van der Waals surface area contributed by atoms with Gasteiger partial charge in [0.1, 0.15) is 5.60 Å². The van der Waals surface area contributed by atoms with Crippen LogP contribution in [0, 0.1) is 17.8 Å². The summed E-state index contributed by atoms with van der Waals surface area (Å²) in [6.45, 7) is 7.36. The van der Waals surface area contributed by atoms with Gasteiger partial charge in [-0.25, -0.2) is 0 Å². The highest BCUT2D eigenvalue weighted by Crippen LogP contribution is 2.44. The van der Waals surface area contributed by atoms with E-state index in [0.29, 0.717) is 5.57 Å². The molecule has 0 bridgehead atoms. The van der Waals surface area contributed by atoms with Crippen molar-refractivity contribution in [1.82, 2.24) is 0 Å². The van der Waals surface area contributed by atoms with Gasteiger partial charge in [0, 0.05) is 6.42 Å². The molecule has 0 aromatic carbocycles. The van der Waals surface area contributed by atoms with Crippen LogP contribution in [-0.4, -0.2) is 16.5 Å². The minimum Gasteiger partial charge on any atom is -0.380 e. The molecule has 1 aliphatic rings. The molecule has 0 fully saturated rings. The van der Waals surface area contributed by atoms with Crippen molar-refractivity contribution in [3.63, 3.8) is 0 Å². The quantitative estimate of drug-likeness (QED) is 0.599. The molecular weight excluding hydrogens is 224 g/mol. The molecule has 0 radical (unpaired) electrons. The molecule has 2 heteroatoms. The van der Waals surface area contributed by atoms with Crippen molar-refractivity contribution in [2.75, 3.05) is 0 Å². The van der Waals surface area contributed by atoms with Gasteiger partial charge in [0.25, 0.3) is 0 Å². The summed E-state index contributed by atoms with van der Waals surface area (Å²) in [6, 6.07) is 0. The Kier molecular flexibility index (Phi) is 3.98. The SMILES string of the molecule is C#CC1(C)CC(=O)C=C(C)[C@]1(O)/C=C/C(C)=C\C. The summed E-state index contributed by atoms with van der Waals surface area (Å²) in [6.07, 6.45) is 12.7. The van der Waals surface area contributed by atoms with Crippen molar-refractivity contribution in [3.05, 3.63) is 35.5 Å². The first-order valence-electron chi connectivity index (χ1n) is 6.03. The van der Waals surface area contributed by atoms with E-state index >= 15 is 0 Å². The molecule has 1 aliphatic carbocycles. The van der Waals surface area contributed by atoms with Gasteiger partial charge in [0.05, 0.1) is 5.41 Å². The van der Waals surface area contributed by atoms with Crippen molar-refractivity contribution < 1.29 is 9.90 Å². The summed E-state index contributed by atoms with van der Waals surface area (Å²) < 4.78 is 0. The van der Waals surface area contributed by atoms with Crippen LogP contribution in [-0.2, 0) is 4.79 Å². The average molecular weight is 244 g/mol. The Bertz CT molecular complexity index is 488. The van der Waals surface area contributed by atoms with Crippen LogP contribution in [0.25, 0.3) is 0 Å². The first kappa shape index (κ1) is 14.5. The maximum atomic E-state index is 11.6. The zero-order valence-electron chi connectivity index (χ0n) is 11.4. The molecule has 1 unspecified atom stereocenters. The molecule has 0 saturated carbocycles. The predicted molar refractivity (Wildman–Crippen MR) is 73.8 cm³/mol. The summed E-state index contributed by atoms with van der Waals surface area (Å²) in [5.41, 5.74) is -0.528. The van der Waals surface area contributed by atoms with E-state index in [9.17, 15) is 9.90 Å². The smallest absolute Gasteiger partial charge is 0.157 e. The highest BCUT2D eigenvalue weighted by atomic mass is 16.3. The van der Waals surface area contributed by atoms with Crippen LogP contribution in [0.15, 0.2) is 35.5 Å². The number of aliphatic hydroxyl groups is 1. The highest BCUT2D eigenvalue weighted by Gasteiger charge is 2.49. The summed E-state index contributed by atoms with van der Waals surface area (Å²) in [7, 11) is 0. The standard InChI is InChI=1S/C16H20O2/c1-6-12(3)8-9-16(18)13(4)10-14(17)11-15(16,5)7-2/h2,6,8-10,18H,11H2,1,3-5H3/b9-8+,12-6-/t15?,16-/m1/s1. The van der Waals surface area contributed by atoms with E-state index in [0.717, 1.165) is 5.57 Å². The van der Waals surface area contributed by atoms with Gasteiger partial charge in [-0.05, 0) is 45.4 Å². The molecule has 0 aliphatic heterocycles. The maximum Gasteiger partial charge on any atom is 0.157 e. The average Bonchev–Trinajstić information content (AvgIpc) is 2.33. The Balaban J connectivity index is 3.32. The van der Waals surface area contributed by atoms with Gasteiger partial charge >= 0.3 is 0 Å². The Morgan fingerprint density at radius 1 is 1.61 bits per heavy atom. The minimum atomic E-state index is -1.26. The molecule has 0 spiro atoms. The maximum absolute atomic E-state index is 11.6. The summed E-state index contributed by atoms with van der Waals surface area (Å²) in [5.74, 6) is 2.56. The molecule has 2 atom stereocenters. The van der Waals surface area contributed by atoms with Crippen molar-refractivity contribution in [2.45, 2.75) is 39.7 Å². The first-order valence-corrected chi connectivity index (χ1v) is 6.03. The highest BCUT2D eigenvalue weighted by molar-refractivity contribution is 5.93. The molecular formula is C16H20O2. The second-order valence-corrected chi connectivity index (χ2v) is 5.08. The lowest BCUT2D eigenvalue weighted by Gasteiger charge is -2.42. The molecule has 2 nitrogen and oxygen atoms in total. The third-order valence-corrected chi connectivity index (χ3v) is 3.71. The van der Waals surface area contributed by atoms with Gasteiger partial charge in [-0.2, -0.15) is 0 Å². The van der Waals surface area contributed by atoms with Gasteiger partial charge in [0.15, 0.2) is 5.78 Å². The molecule has 0 aromatic heterocycles. The number of terminal acetylenes is 1. The lowest BCUT2D eigenvalue weighted by atomic mass is 9.64. The Morgan fingerprint density at radius 2 is 2.22 bits per heavy atom. The Labute approximate surface area is 109 Å². The van der Waals surface area contributed by atoms with Crippen molar-refractivity contribution in [3.8, 4) is 12.3 Å². The van der Waals surface area contributed by atoms with Gasteiger partial charge in [-0.3, -0.25) is 4.79 Å². The fourth-order valence-corrected chi connectivity index (χ4v) is 2.15. The van der Waals surface area contributed by atoms with E-state index in [2.05, 4.69) is 5.92 Å². The number of hydrogen-bond acceptors (Lipinski definition) is 2. The summed E-state index contributed by atoms with van der Waals surface area (Å²) >= 11 is 0. The second-order valence-electron chi connectivity index (χ2n) is 5.08. The first-order chi connectivity index (χ1) is 8.29. The lowest BCUT2D eigenvalue weighted by Crippen LogP contribution is -2.49. The van der Waals surface area contributed by atoms with E-state index in [1.807, 2.05) is 26.0 Å². The third-order valence-electron chi connectivity index (χ3n) is 3.71. The van der Waals surface area contributed by atoms with Gasteiger partial charge in [-0.15, -0.1) is 6.42 Å². The zero-order valence-corrected chi connectivity index (χ0v) is 11.4. The lowest BCUT2D eigenvalue weighted by molar-refractivity contribution is -0.119.